The first-order valence-corrected chi connectivity index (χ1v) is 9.01. The molecule has 1 aromatic heterocycles. The number of hydrogen-bond donors (Lipinski definition) is 1. The fourth-order valence-corrected chi connectivity index (χ4v) is 3.80. The van der Waals surface area contributed by atoms with Crippen LogP contribution in [0.3, 0.4) is 0 Å². The van der Waals surface area contributed by atoms with Crippen LogP contribution in [0.25, 0.3) is 11.1 Å². The summed E-state index contributed by atoms with van der Waals surface area (Å²) in [5.41, 5.74) is 5.85. The zero-order valence-electron chi connectivity index (χ0n) is 13.4. The van der Waals surface area contributed by atoms with Gasteiger partial charge >= 0.3 is 0 Å². The van der Waals surface area contributed by atoms with Crippen LogP contribution in [0.1, 0.15) is 11.1 Å². The second kappa shape index (κ2) is 6.61. The van der Waals surface area contributed by atoms with E-state index < -0.39 is 0 Å². The highest BCUT2D eigenvalue weighted by Gasteiger charge is 2.18. The molecule has 3 aromatic rings. The predicted octanol–water partition coefficient (Wildman–Crippen LogP) is 3.62. The first kappa shape index (κ1) is 15.7. The number of anilines is 1. The highest BCUT2D eigenvalue weighted by atomic mass is 32.2. The Bertz CT molecular complexity index is 956. The molecule has 0 saturated carbocycles. The quantitative estimate of drug-likeness (QED) is 0.348. The second-order valence-corrected chi connectivity index (χ2v) is 6.90. The summed E-state index contributed by atoms with van der Waals surface area (Å²) in [6, 6.07) is 19.6. The number of aromatic nitrogens is 1. The van der Waals surface area contributed by atoms with E-state index in [1.807, 2.05) is 18.2 Å². The van der Waals surface area contributed by atoms with Crippen molar-refractivity contribution in [2.45, 2.75) is 11.4 Å². The van der Waals surface area contributed by atoms with Crippen molar-refractivity contribution >= 4 is 23.4 Å². The third-order valence-electron chi connectivity index (χ3n) is 4.22. The Morgan fingerprint density at radius 2 is 1.84 bits per heavy atom. The Kier molecular flexibility index (Phi) is 4.15. The van der Waals surface area contributed by atoms with E-state index in [1.54, 1.807) is 18.2 Å². The molecule has 0 unspecified atom stereocenters. The summed E-state index contributed by atoms with van der Waals surface area (Å²) >= 11 is 1.23. The smallest absolute Gasteiger partial charge is 0.251 e. The van der Waals surface area contributed by atoms with Crippen LogP contribution in [0.4, 0.5) is 5.69 Å². The molecule has 0 radical (unpaired) electrons. The van der Waals surface area contributed by atoms with E-state index in [4.69, 9.17) is 0 Å². The predicted molar refractivity (Wildman–Crippen MR) is 99.4 cm³/mol. The van der Waals surface area contributed by atoms with Crippen LogP contribution in [0.2, 0.25) is 0 Å². The van der Waals surface area contributed by atoms with Crippen LogP contribution in [0.15, 0.2) is 71.9 Å². The standard InChI is InChI=1S/C20H16N2O2S/c23-19(13-25-20-7-3-4-10-22(20)24)21-16-8-9-18-15(12-16)11-14-5-1-2-6-17(14)18/h1-10,12H,11,13H2,(H,21,23). The van der Waals surface area contributed by atoms with E-state index in [-0.39, 0.29) is 11.7 Å². The fourth-order valence-electron chi connectivity index (χ4n) is 3.08. The van der Waals surface area contributed by atoms with Crippen LogP contribution in [-0.4, -0.2) is 11.7 Å². The van der Waals surface area contributed by atoms with Crippen LogP contribution >= 0.6 is 11.8 Å². The Labute approximate surface area is 150 Å². The van der Waals surface area contributed by atoms with Crippen molar-refractivity contribution < 1.29 is 9.52 Å². The molecule has 5 heteroatoms. The number of benzene rings is 2. The van der Waals surface area contributed by atoms with Crippen LogP contribution < -0.4 is 10.0 Å². The molecule has 1 amide bonds. The van der Waals surface area contributed by atoms with Gasteiger partial charge in [0.15, 0.2) is 6.20 Å². The van der Waals surface area contributed by atoms with Crippen molar-refractivity contribution in [2.24, 2.45) is 0 Å². The molecule has 4 nitrogen and oxygen atoms in total. The average Bonchev–Trinajstić information content (AvgIpc) is 2.99. The minimum absolute atomic E-state index is 0.121. The summed E-state index contributed by atoms with van der Waals surface area (Å²) < 4.78 is 0.768. The van der Waals surface area contributed by atoms with Gasteiger partial charge in [-0.05, 0) is 58.6 Å². The summed E-state index contributed by atoms with van der Waals surface area (Å²) in [4.78, 5) is 12.2. The number of thioether (sulfide) groups is 1. The normalized spacial score (nSPS) is 11.7. The van der Waals surface area contributed by atoms with E-state index in [9.17, 15) is 10.0 Å². The Balaban J connectivity index is 1.43. The largest absolute Gasteiger partial charge is 0.618 e. The topological polar surface area (TPSA) is 56.0 Å². The van der Waals surface area contributed by atoms with E-state index >= 15 is 0 Å². The van der Waals surface area contributed by atoms with Gasteiger partial charge in [-0.1, -0.05) is 30.3 Å². The monoisotopic (exact) mass is 348 g/mol. The third kappa shape index (κ3) is 3.23. The van der Waals surface area contributed by atoms with E-state index in [0.29, 0.717) is 5.03 Å². The highest BCUT2D eigenvalue weighted by molar-refractivity contribution is 7.99. The SMILES string of the molecule is O=C(CSc1cccc[n+]1[O-])Nc1ccc2c(c1)Cc1ccccc1-2. The number of fused-ring (bicyclic) bond motifs is 3. The molecule has 0 saturated heterocycles. The molecule has 2 aromatic carbocycles. The van der Waals surface area contributed by atoms with E-state index in [1.165, 1.54) is 40.2 Å². The number of amides is 1. The van der Waals surface area contributed by atoms with Gasteiger partial charge in [0.2, 0.25) is 5.91 Å². The van der Waals surface area contributed by atoms with Crippen molar-refractivity contribution in [3.63, 3.8) is 0 Å². The zero-order chi connectivity index (χ0) is 17.2. The molecular weight excluding hydrogens is 332 g/mol. The number of nitrogens with one attached hydrogen (secondary N) is 1. The molecule has 0 fully saturated rings. The molecule has 124 valence electrons. The molecule has 4 rings (SSSR count). The minimum Gasteiger partial charge on any atom is -0.618 e. The van der Waals surface area contributed by atoms with Gasteiger partial charge < -0.3 is 10.5 Å². The van der Waals surface area contributed by atoms with Crippen molar-refractivity contribution in [2.75, 3.05) is 11.1 Å². The van der Waals surface area contributed by atoms with E-state index in [0.717, 1.165) is 16.8 Å². The maximum atomic E-state index is 12.2. The molecule has 1 heterocycles. The molecular formula is C20H16N2O2S. The van der Waals surface area contributed by atoms with Crippen molar-refractivity contribution in [3.8, 4) is 11.1 Å². The lowest BCUT2D eigenvalue weighted by Crippen LogP contribution is -2.28. The van der Waals surface area contributed by atoms with Crippen LogP contribution in [-0.2, 0) is 11.2 Å². The minimum atomic E-state index is -0.121. The van der Waals surface area contributed by atoms with Gasteiger partial charge in [0.1, 0.15) is 0 Å². The van der Waals surface area contributed by atoms with Gasteiger partial charge in [-0.25, -0.2) is 0 Å². The number of hydrogen-bond acceptors (Lipinski definition) is 3. The Morgan fingerprint density at radius 3 is 2.72 bits per heavy atom. The molecule has 0 atom stereocenters. The lowest BCUT2D eigenvalue weighted by Gasteiger charge is -2.08. The van der Waals surface area contributed by atoms with E-state index in [2.05, 4.69) is 29.6 Å². The van der Waals surface area contributed by atoms with Gasteiger partial charge in [0.25, 0.3) is 5.03 Å². The summed E-state index contributed by atoms with van der Waals surface area (Å²) in [6.45, 7) is 0. The maximum Gasteiger partial charge on any atom is 0.251 e. The lowest BCUT2D eigenvalue weighted by molar-refractivity contribution is -0.645. The Morgan fingerprint density at radius 1 is 1.04 bits per heavy atom. The van der Waals surface area contributed by atoms with Gasteiger partial charge in [0, 0.05) is 17.8 Å². The summed E-state index contributed by atoms with van der Waals surface area (Å²) in [5.74, 6) is 0.0770. The second-order valence-electron chi connectivity index (χ2n) is 5.91. The highest BCUT2D eigenvalue weighted by Crippen LogP contribution is 2.37. The number of rotatable bonds is 4. The van der Waals surface area contributed by atoms with Gasteiger partial charge in [-0.2, -0.15) is 4.73 Å². The molecule has 1 aliphatic rings. The molecule has 0 bridgehead atoms. The van der Waals surface area contributed by atoms with Crippen molar-refractivity contribution in [3.05, 3.63) is 83.2 Å². The summed E-state index contributed by atoms with van der Waals surface area (Å²) in [6.07, 6.45) is 2.32. The van der Waals surface area contributed by atoms with Crippen LogP contribution in [0.5, 0.6) is 0 Å². The number of pyridine rings is 1. The molecule has 25 heavy (non-hydrogen) atoms. The fraction of sp³-hybridized carbons (Fsp3) is 0.100. The number of carbonyl (C=O) groups excluding carboxylic acids is 1. The number of carbonyl (C=O) groups is 1. The first-order valence-electron chi connectivity index (χ1n) is 8.03. The Hall–Kier alpha value is -2.79. The summed E-state index contributed by atoms with van der Waals surface area (Å²) in [5, 5.41) is 15.0. The van der Waals surface area contributed by atoms with Crippen LogP contribution in [0, 0.1) is 5.21 Å². The third-order valence-corrected chi connectivity index (χ3v) is 5.24. The van der Waals surface area contributed by atoms with Crippen molar-refractivity contribution in [1.29, 1.82) is 0 Å². The number of nitrogens with zero attached hydrogens (tertiary/aromatic N) is 1. The average molecular weight is 348 g/mol. The lowest BCUT2D eigenvalue weighted by atomic mass is 10.1. The first-order chi connectivity index (χ1) is 12.2. The van der Waals surface area contributed by atoms with Gasteiger partial charge in [-0.15, -0.1) is 0 Å². The zero-order valence-corrected chi connectivity index (χ0v) is 14.3. The molecule has 1 aliphatic carbocycles. The molecule has 1 N–H and O–H groups in total. The maximum absolute atomic E-state index is 12.2. The molecule has 0 aliphatic heterocycles. The van der Waals surface area contributed by atoms with Gasteiger partial charge in [0.05, 0.1) is 5.75 Å². The van der Waals surface area contributed by atoms with Crippen molar-refractivity contribution in [1.82, 2.24) is 0 Å². The van der Waals surface area contributed by atoms with Gasteiger partial charge in [-0.3, -0.25) is 4.79 Å². The molecule has 0 spiro atoms. The summed E-state index contributed by atoms with van der Waals surface area (Å²) in [7, 11) is 0.